The Hall–Kier alpha value is -1.47. The van der Waals surface area contributed by atoms with Crippen molar-refractivity contribution in [2.45, 2.75) is 20.3 Å². The summed E-state index contributed by atoms with van der Waals surface area (Å²) in [4.78, 5) is 11.2. The molecule has 0 heterocycles. The van der Waals surface area contributed by atoms with Gasteiger partial charge in [0.05, 0.1) is 6.07 Å². The fraction of sp³-hybridized carbons (Fsp3) is 0.385. The van der Waals surface area contributed by atoms with Crippen molar-refractivity contribution in [3.05, 3.63) is 36.5 Å². The summed E-state index contributed by atoms with van der Waals surface area (Å²) in [5, 5.41) is 8.59. The standard InChI is InChI=1S/C13H18N2OS/c1-4-6-7-8-13(5-2)11-17-15(10-9-14)12(3)16/h4-7H,1,8,10-11H2,2-3H3/b7-6-,13-5+. The van der Waals surface area contributed by atoms with Gasteiger partial charge in [-0.1, -0.05) is 36.5 Å². The van der Waals surface area contributed by atoms with Gasteiger partial charge in [-0.3, -0.25) is 9.10 Å². The van der Waals surface area contributed by atoms with Gasteiger partial charge in [-0.2, -0.15) is 5.26 Å². The van der Waals surface area contributed by atoms with Crippen LogP contribution >= 0.6 is 11.9 Å². The molecule has 4 heteroatoms. The van der Waals surface area contributed by atoms with Crippen LogP contribution in [0.5, 0.6) is 0 Å². The Labute approximate surface area is 108 Å². The van der Waals surface area contributed by atoms with Crippen LogP contribution < -0.4 is 0 Å². The lowest BCUT2D eigenvalue weighted by Crippen LogP contribution is -2.22. The Morgan fingerprint density at radius 2 is 2.29 bits per heavy atom. The molecule has 0 atom stereocenters. The van der Waals surface area contributed by atoms with E-state index in [2.05, 4.69) is 6.58 Å². The first-order chi connectivity index (χ1) is 8.15. The summed E-state index contributed by atoms with van der Waals surface area (Å²) in [6.07, 6.45) is 8.52. The molecule has 0 bridgehead atoms. The van der Waals surface area contributed by atoms with Crippen LogP contribution in [0, 0.1) is 11.3 Å². The third-order valence-electron chi connectivity index (χ3n) is 2.03. The molecule has 0 aromatic rings. The lowest BCUT2D eigenvalue weighted by Gasteiger charge is -2.16. The minimum Gasteiger partial charge on any atom is -0.274 e. The number of amides is 1. The van der Waals surface area contributed by atoms with Crippen molar-refractivity contribution in [2.75, 3.05) is 12.3 Å². The average molecular weight is 250 g/mol. The van der Waals surface area contributed by atoms with E-state index in [1.807, 2.05) is 31.2 Å². The third-order valence-corrected chi connectivity index (χ3v) is 3.23. The third kappa shape index (κ3) is 7.42. The molecule has 92 valence electrons. The molecular weight excluding hydrogens is 232 g/mol. The average Bonchev–Trinajstić information content (AvgIpc) is 2.31. The van der Waals surface area contributed by atoms with Gasteiger partial charge in [-0.05, 0) is 25.3 Å². The van der Waals surface area contributed by atoms with E-state index in [4.69, 9.17) is 5.26 Å². The van der Waals surface area contributed by atoms with Gasteiger partial charge in [-0.15, -0.1) is 0 Å². The van der Waals surface area contributed by atoms with E-state index in [9.17, 15) is 4.79 Å². The van der Waals surface area contributed by atoms with Crippen molar-refractivity contribution in [3.63, 3.8) is 0 Å². The number of rotatable bonds is 7. The zero-order valence-corrected chi connectivity index (χ0v) is 11.2. The number of carbonyl (C=O) groups excluding carboxylic acids is 1. The highest BCUT2D eigenvalue weighted by molar-refractivity contribution is 7.97. The predicted octanol–water partition coefficient (Wildman–Crippen LogP) is 3.09. The maximum Gasteiger partial charge on any atom is 0.230 e. The van der Waals surface area contributed by atoms with Crippen molar-refractivity contribution in [1.82, 2.24) is 4.31 Å². The molecule has 0 N–H and O–H groups in total. The topological polar surface area (TPSA) is 44.1 Å². The van der Waals surface area contributed by atoms with Crippen LogP contribution in [-0.4, -0.2) is 22.5 Å². The monoisotopic (exact) mass is 250 g/mol. The van der Waals surface area contributed by atoms with E-state index in [0.717, 1.165) is 12.2 Å². The fourth-order valence-electron chi connectivity index (χ4n) is 1.05. The van der Waals surface area contributed by atoms with Crippen molar-refractivity contribution in [1.29, 1.82) is 5.26 Å². The molecule has 0 saturated carbocycles. The van der Waals surface area contributed by atoms with Crippen LogP contribution in [0.2, 0.25) is 0 Å². The van der Waals surface area contributed by atoms with Gasteiger partial charge >= 0.3 is 0 Å². The molecule has 1 amide bonds. The van der Waals surface area contributed by atoms with Gasteiger partial charge in [0, 0.05) is 12.7 Å². The lowest BCUT2D eigenvalue weighted by molar-refractivity contribution is -0.123. The smallest absolute Gasteiger partial charge is 0.230 e. The van der Waals surface area contributed by atoms with Crippen molar-refractivity contribution >= 4 is 17.9 Å². The molecule has 0 fully saturated rings. The summed E-state index contributed by atoms with van der Waals surface area (Å²) in [6, 6.07) is 1.98. The minimum atomic E-state index is -0.0892. The summed E-state index contributed by atoms with van der Waals surface area (Å²) in [7, 11) is 0. The zero-order valence-electron chi connectivity index (χ0n) is 10.3. The second-order valence-corrected chi connectivity index (χ2v) is 4.29. The summed E-state index contributed by atoms with van der Waals surface area (Å²) >= 11 is 1.38. The SMILES string of the molecule is C=C/C=C\C/C(=C\C)CSN(CC#N)C(C)=O. The van der Waals surface area contributed by atoms with Crippen LogP contribution in [0.1, 0.15) is 20.3 Å². The quantitative estimate of drug-likeness (QED) is 0.302. The van der Waals surface area contributed by atoms with Gasteiger partial charge in [0.1, 0.15) is 6.54 Å². The zero-order chi connectivity index (χ0) is 13.1. The van der Waals surface area contributed by atoms with Crippen LogP contribution in [0.4, 0.5) is 0 Å². The molecule has 0 aliphatic carbocycles. The number of carbonyl (C=O) groups is 1. The van der Waals surface area contributed by atoms with Gasteiger partial charge < -0.3 is 0 Å². The summed E-state index contributed by atoms with van der Waals surface area (Å²) in [5.41, 5.74) is 1.22. The number of nitriles is 1. The first kappa shape index (κ1) is 15.5. The molecule has 0 rings (SSSR count). The number of hydrogen-bond acceptors (Lipinski definition) is 3. The Balaban J connectivity index is 4.21. The van der Waals surface area contributed by atoms with Crippen LogP contribution in [0.25, 0.3) is 0 Å². The highest BCUT2D eigenvalue weighted by atomic mass is 32.2. The molecular formula is C13H18N2OS. The molecule has 0 aromatic heterocycles. The van der Waals surface area contributed by atoms with Gasteiger partial charge in [0.15, 0.2) is 0 Å². The first-order valence-electron chi connectivity index (χ1n) is 5.35. The van der Waals surface area contributed by atoms with Crippen LogP contribution in [0.3, 0.4) is 0 Å². The highest BCUT2D eigenvalue weighted by Gasteiger charge is 2.09. The minimum absolute atomic E-state index is 0.0892. The summed E-state index contributed by atoms with van der Waals surface area (Å²) in [6.45, 7) is 7.17. The molecule has 3 nitrogen and oxygen atoms in total. The van der Waals surface area contributed by atoms with E-state index < -0.39 is 0 Å². The second kappa shape index (κ2) is 9.73. The molecule has 0 aromatic carbocycles. The Morgan fingerprint density at radius 3 is 2.76 bits per heavy atom. The summed E-state index contributed by atoms with van der Waals surface area (Å²) in [5.74, 6) is 0.632. The number of allylic oxidation sites excluding steroid dienone is 4. The number of nitrogens with zero attached hydrogens (tertiary/aromatic N) is 2. The Kier molecular flexibility index (Phi) is 8.89. The Bertz CT molecular complexity index is 353. The number of hydrogen-bond donors (Lipinski definition) is 0. The van der Waals surface area contributed by atoms with Gasteiger partial charge in [0.25, 0.3) is 0 Å². The maximum absolute atomic E-state index is 11.2. The molecule has 0 radical (unpaired) electrons. The first-order valence-corrected chi connectivity index (χ1v) is 6.29. The lowest BCUT2D eigenvalue weighted by atomic mass is 10.2. The second-order valence-electron chi connectivity index (χ2n) is 3.30. The fourth-order valence-corrected chi connectivity index (χ4v) is 1.99. The van der Waals surface area contributed by atoms with E-state index in [1.165, 1.54) is 28.7 Å². The van der Waals surface area contributed by atoms with Gasteiger partial charge in [0.2, 0.25) is 5.91 Å². The van der Waals surface area contributed by atoms with Crippen molar-refractivity contribution < 1.29 is 4.79 Å². The molecule has 0 aliphatic heterocycles. The maximum atomic E-state index is 11.2. The normalized spacial score (nSPS) is 11.2. The largest absolute Gasteiger partial charge is 0.274 e. The van der Waals surface area contributed by atoms with E-state index >= 15 is 0 Å². The van der Waals surface area contributed by atoms with Crippen LogP contribution in [0.15, 0.2) is 36.5 Å². The highest BCUT2D eigenvalue weighted by Crippen LogP contribution is 2.16. The van der Waals surface area contributed by atoms with Crippen molar-refractivity contribution in [2.24, 2.45) is 0 Å². The Morgan fingerprint density at radius 1 is 1.59 bits per heavy atom. The molecule has 0 aliphatic rings. The molecule has 0 unspecified atom stereocenters. The molecule has 17 heavy (non-hydrogen) atoms. The summed E-state index contributed by atoms with van der Waals surface area (Å²) < 4.78 is 1.47. The van der Waals surface area contributed by atoms with Gasteiger partial charge in [-0.25, -0.2) is 0 Å². The molecule has 0 spiro atoms. The predicted molar refractivity (Wildman–Crippen MR) is 73.2 cm³/mol. The van der Waals surface area contributed by atoms with E-state index in [0.29, 0.717) is 0 Å². The van der Waals surface area contributed by atoms with E-state index in [1.54, 1.807) is 6.08 Å². The van der Waals surface area contributed by atoms with E-state index in [-0.39, 0.29) is 12.5 Å². The van der Waals surface area contributed by atoms with Crippen LogP contribution in [-0.2, 0) is 4.79 Å². The van der Waals surface area contributed by atoms with Crippen molar-refractivity contribution in [3.8, 4) is 6.07 Å². The molecule has 0 saturated heterocycles.